The lowest BCUT2D eigenvalue weighted by atomic mass is 10.3. The van der Waals surface area contributed by atoms with E-state index in [0.717, 1.165) is 0 Å². The number of hydrogen-bond acceptors (Lipinski definition) is 6. The summed E-state index contributed by atoms with van der Waals surface area (Å²) in [4.78, 5) is 0. The summed E-state index contributed by atoms with van der Waals surface area (Å²) in [7, 11) is 3.14. The van der Waals surface area contributed by atoms with Crippen LogP contribution in [0.15, 0.2) is 0 Å². The van der Waals surface area contributed by atoms with Crippen LogP contribution in [0.2, 0.25) is 0 Å². The molecular weight excluding hydrogens is 226 g/mol. The Morgan fingerprint density at radius 2 is 1.47 bits per heavy atom. The van der Waals surface area contributed by atoms with E-state index in [1.807, 2.05) is 6.92 Å². The van der Waals surface area contributed by atoms with E-state index in [-0.39, 0.29) is 19.3 Å². The molecule has 0 saturated carbocycles. The molecule has 0 bridgehead atoms. The van der Waals surface area contributed by atoms with Gasteiger partial charge in [-0.05, 0) is 6.92 Å². The van der Waals surface area contributed by atoms with Crippen molar-refractivity contribution in [2.45, 2.75) is 25.2 Å². The molecule has 0 aromatic rings. The van der Waals surface area contributed by atoms with E-state index in [1.54, 1.807) is 7.11 Å². The fraction of sp³-hybridized carbons (Fsp3) is 1.00. The first-order chi connectivity index (χ1) is 8.10. The Labute approximate surface area is 103 Å². The number of methoxy groups -OCH3 is 2. The highest BCUT2D eigenvalue weighted by Crippen LogP contribution is 1.93. The van der Waals surface area contributed by atoms with Gasteiger partial charge in [-0.3, -0.25) is 0 Å². The Hall–Kier alpha value is -0.240. The Bertz CT molecular complexity index is 170. The molecule has 3 unspecified atom stereocenters. The van der Waals surface area contributed by atoms with E-state index in [9.17, 15) is 10.2 Å². The van der Waals surface area contributed by atoms with Gasteiger partial charge in [0.2, 0.25) is 0 Å². The summed E-state index contributed by atoms with van der Waals surface area (Å²) in [6.45, 7) is 3.68. The molecule has 0 aliphatic rings. The Balaban J connectivity index is 3.42. The molecule has 0 fully saturated rings. The van der Waals surface area contributed by atoms with Gasteiger partial charge in [0.25, 0.3) is 0 Å². The summed E-state index contributed by atoms with van der Waals surface area (Å²) < 4.78 is 15.0. The maximum Gasteiger partial charge on any atom is 0.0897 e. The van der Waals surface area contributed by atoms with Crippen LogP contribution in [0.25, 0.3) is 0 Å². The molecule has 6 heteroatoms. The maximum absolute atomic E-state index is 9.57. The molecule has 6 nitrogen and oxygen atoms in total. The Morgan fingerprint density at radius 3 is 2.00 bits per heavy atom. The molecule has 0 radical (unpaired) electrons. The number of nitrogens with one attached hydrogen (secondary N) is 1. The van der Waals surface area contributed by atoms with Gasteiger partial charge in [-0.15, -0.1) is 0 Å². The van der Waals surface area contributed by atoms with Crippen LogP contribution in [0.4, 0.5) is 0 Å². The second-order valence-electron chi connectivity index (χ2n) is 4.02. The first-order valence-corrected chi connectivity index (χ1v) is 5.76. The highest BCUT2D eigenvalue weighted by atomic mass is 16.5. The lowest BCUT2D eigenvalue weighted by molar-refractivity contribution is -0.0319. The topological polar surface area (TPSA) is 80.2 Å². The summed E-state index contributed by atoms with van der Waals surface area (Å²) in [5.41, 5.74) is 0. The molecule has 0 aromatic carbocycles. The third kappa shape index (κ3) is 10.6. The van der Waals surface area contributed by atoms with Crippen molar-refractivity contribution in [3.05, 3.63) is 0 Å². The van der Waals surface area contributed by atoms with E-state index < -0.39 is 12.2 Å². The average molecular weight is 251 g/mol. The predicted octanol–water partition coefficient (Wildman–Crippen LogP) is -1.00. The third-order valence-electron chi connectivity index (χ3n) is 2.09. The molecular formula is C11H25NO5. The molecule has 3 N–H and O–H groups in total. The summed E-state index contributed by atoms with van der Waals surface area (Å²) in [5, 5.41) is 21.8. The SMILES string of the molecule is COCC(O)CNCC(O)COC(C)COC. The van der Waals surface area contributed by atoms with Crippen molar-refractivity contribution in [1.82, 2.24) is 5.32 Å². The summed E-state index contributed by atoms with van der Waals surface area (Å²) in [6.07, 6.45) is -1.18. The molecule has 3 atom stereocenters. The van der Waals surface area contributed by atoms with E-state index in [0.29, 0.717) is 19.7 Å². The monoisotopic (exact) mass is 251 g/mol. The van der Waals surface area contributed by atoms with Crippen molar-refractivity contribution in [1.29, 1.82) is 0 Å². The summed E-state index contributed by atoms with van der Waals surface area (Å²) >= 11 is 0. The van der Waals surface area contributed by atoms with Crippen LogP contribution in [0.5, 0.6) is 0 Å². The number of aliphatic hydroxyl groups is 2. The number of hydrogen-bond donors (Lipinski definition) is 3. The molecule has 0 rings (SSSR count). The summed E-state index contributed by atoms with van der Waals surface area (Å²) in [5.74, 6) is 0. The van der Waals surface area contributed by atoms with Gasteiger partial charge in [-0.1, -0.05) is 0 Å². The number of ether oxygens (including phenoxy) is 3. The molecule has 104 valence electrons. The maximum atomic E-state index is 9.57. The molecule has 17 heavy (non-hydrogen) atoms. The van der Waals surface area contributed by atoms with Crippen LogP contribution < -0.4 is 5.32 Å². The minimum Gasteiger partial charge on any atom is -0.389 e. The minimum absolute atomic E-state index is 0.0336. The largest absolute Gasteiger partial charge is 0.389 e. The molecule has 0 aliphatic heterocycles. The lowest BCUT2D eigenvalue weighted by Crippen LogP contribution is -2.37. The van der Waals surface area contributed by atoms with Crippen LogP contribution in [0.1, 0.15) is 6.92 Å². The van der Waals surface area contributed by atoms with Crippen molar-refractivity contribution in [2.75, 3.05) is 47.1 Å². The van der Waals surface area contributed by atoms with E-state index in [1.165, 1.54) is 7.11 Å². The van der Waals surface area contributed by atoms with Gasteiger partial charge in [0.15, 0.2) is 0 Å². The van der Waals surface area contributed by atoms with Crippen LogP contribution in [-0.2, 0) is 14.2 Å². The second-order valence-corrected chi connectivity index (χ2v) is 4.02. The van der Waals surface area contributed by atoms with Crippen LogP contribution in [-0.4, -0.2) is 75.7 Å². The fourth-order valence-corrected chi connectivity index (χ4v) is 1.28. The van der Waals surface area contributed by atoms with E-state index in [2.05, 4.69) is 5.32 Å². The van der Waals surface area contributed by atoms with Gasteiger partial charge in [0.05, 0.1) is 38.1 Å². The van der Waals surface area contributed by atoms with Crippen molar-refractivity contribution in [3.63, 3.8) is 0 Å². The molecule has 0 amide bonds. The number of aliphatic hydroxyl groups excluding tert-OH is 2. The smallest absolute Gasteiger partial charge is 0.0897 e. The lowest BCUT2D eigenvalue weighted by Gasteiger charge is -2.17. The minimum atomic E-state index is -0.593. The van der Waals surface area contributed by atoms with Crippen molar-refractivity contribution in [2.24, 2.45) is 0 Å². The fourth-order valence-electron chi connectivity index (χ4n) is 1.28. The second kappa shape index (κ2) is 10.9. The molecule has 0 heterocycles. The third-order valence-corrected chi connectivity index (χ3v) is 2.09. The highest BCUT2D eigenvalue weighted by molar-refractivity contribution is 4.63. The molecule has 0 aliphatic carbocycles. The zero-order valence-corrected chi connectivity index (χ0v) is 10.9. The van der Waals surface area contributed by atoms with E-state index >= 15 is 0 Å². The number of rotatable bonds is 11. The molecule has 0 spiro atoms. The molecule has 0 aromatic heterocycles. The highest BCUT2D eigenvalue weighted by Gasteiger charge is 2.09. The molecule has 0 saturated heterocycles. The zero-order chi connectivity index (χ0) is 13.1. The summed E-state index contributed by atoms with van der Waals surface area (Å²) in [6, 6.07) is 0. The van der Waals surface area contributed by atoms with Gasteiger partial charge < -0.3 is 29.7 Å². The van der Waals surface area contributed by atoms with Gasteiger partial charge in [-0.25, -0.2) is 0 Å². The van der Waals surface area contributed by atoms with Gasteiger partial charge in [0.1, 0.15) is 0 Å². The van der Waals surface area contributed by atoms with Gasteiger partial charge in [0, 0.05) is 27.3 Å². The van der Waals surface area contributed by atoms with Crippen LogP contribution >= 0.6 is 0 Å². The standard InChI is InChI=1S/C11H25NO5/c1-9(6-15-2)17-8-11(14)5-12-4-10(13)7-16-3/h9-14H,4-8H2,1-3H3. The Morgan fingerprint density at radius 1 is 0.941 bits per heavy atom. The van der Waals surface area contributed by atoms with Gasteiger partial charge >= 0.3 is 0 Å². The average Bonchev–Trinajstić information content (AvgIpc) is 2.27. The first-order valence-electron chi connectivity index (χ1n) is 5.76. The van der Waals surface area contributed by atoms with E-state index in [4.69, 9.17) is 14.2 Å². The normalized spacial score (nSPS) is 16.8. The van der Waals surface area contributed by atoms with Crippen molar-refractivity contribution >= 4 is 0 Å². The predicted molar refractivity (Wildman–Crippen MR) is 64.0 cm³/mol. The zero-order valence-electron chi connectivity index (χ0n) is 10.9. The first kappa shape index (κ1) is 16.8. The van der Waals surface area contributed by atoms with Crippen LogP contribution in [0.3, 0.4) is 0 Å². The van der Waals surface area contributed by atoms with Crippen LogP contribution in [0, 0.1) is 0 Å². The quantitative estimate of drug-likeness (QED) is 0.437. The van der Waals surface area contributed by atoms with Crippen molar-refractivity contribution < 1.29 is 24.4 Å². The van der Waals surface area contributed by atoms with Gasteiger partial charge in [-0.2, -0.15) is 0 Å². The Kier molecular flexibility index (Phi) is 10.7. The van der Waals surface area contributed by atoms with Crippen molar-refractivity contribution in [3.8, 4) is 0 Å².